The van der Waals surface area contributed by atoms with E-state index in [1.807, 2.05) is 0 Å². The summed E-state index contributed by atoms with van der Waals surface area (Å²) in [6, 6.07) is 4.59. The number of carbonyl (C=O) groups is 1. The standard InChI is InChI=1S/C25H35FN6O4/c1-16(9-12-23(27-6)17(2)29-36-18(3)25(4,5)34)21-11-10-19(13-22(21)26)32-15-20(35-24(32)33)14-31(8)30-28-7/h9-13,18,20,34H,6,14-15H2,1-5,7-8H3/b16-9+,23-12-,29-17+,30-28?. The van der Waals surface area contributed by atoms with Crippen molar-refractivity contribution in [1.29, 1.82) is 0 Å². The summed E-state index contributed by atoms with van der Waals surface area (Å²) in [7, 11) is 3.28. The molecule has 1 aromatic rings. The van der Waals surface area contributed by atoms with E-state index in [0.717, 1.165) is 0 Å². The molecule has 1 aliphatic heterocycles. The summed E-state index contributed by atoms with van der Waals surface area (Å²) < 4.78 is 20.4. The number of cyclic esters (lactones) is 1. The van der Waals surface area contributed by atoms with E-state index < -0.39 is 29.7 Å². The van der Waals surface area contributed by atoms with Gasteiger partial charge < -0.3 is 14.7 Å². The molecule has 10 nitrogen and oxygen atoms in total. The predicted octanol–water partition coefficient (Wildman–Crippen LogP) is 4.62. The molecular weight excluding hydrogens is 467 g/mol. The second-order valence-electron chi connectivity index (χ2n) is 9.05. The minimum absolute atomic E-state index is 0.278. The number of hydrogen-bond donors (Lipinski definition) is 1. The molecule has 1 fully saturated rings. The number of oxime groups is 1. The highest BCUT2D eigenvalue weighted by Crippen LogP contribution is 2.27. The fourth-order valence-corrected chi connectivity index (χ4v) is 3.22. The summed E-state index contributed by atoms with van der Waals surface area (Å²) in [4.78, 5) is 23.0. The highest BCUT2D eigenvalue weighted by atomic mass is 19.1. The molecule has 1 aliphatic rings. The van der Waals surface area contributed by atoms with Gasteiger partial charge in [0.2, 0.25) is 0 Å². The lowest BCUT2D eigenvalue weighted by molar-refractivity contribution is -0.0773. The third kappa shape index (κ3) is 7.70. The number of aliphatic imine (C=N–C) groups is 1. The highest BCUT2D eigenvalue weighted by Gasteiger charge is 2.33. The van der Waals surface area contributed by atoms with Gasteiger partial charge in [-0.1, -0.05) is 16.5 Å². The Bertz CT molecular complexity index is 1080. The lowest BCUT2D eigenvalue weighted by atomic mass is 10.0. The molecule has 0 saturated carbocycles. The van der Waals surface area contributed by atoms with E-state index in [4.69, 9.17) is 9.57 Å². The van der Waals surface area contributed by atoms with Crippen molar-refractivity contribution < 1.29 is 23.9 Å². The first-order chi connectivity index (χ1) is 16.9. The van der Waals surface area contributed by atoms with Crippen LogP contribution < -0.4 is 4.90 Å². The Labute approximate surface area is 211 Å². The van der Waals surface area contributed by atoms with Crippen LogP contribution in [0, 0.1) is 5.82 Å². The highest BCUT2D eigenvalue weighted by molar-refractivity contribution is 5.98. The van der Waals surface area contributed by atoms with Crippen molar-refractivity contribution in [1.82, 2.24) is 5.01 Å². The van der Waals surface area contributed by atoms with Crippen LogP contribution in [0.4, 0.5) is 14.9 Å². The van der Waals surface area contributed by atoms with Crippen molar-refractivity contribution in [2.45, 2.75) is 52.4 Å². The van der Waals surface area contributed by atoms with Gasteiger partial charge in [-0.25, -0.2) is 9.18 Å². The first-order valence-corrected chi connectivity index (χ1v) is 11.4. The van der Waals surface area contributed by atoms with Gasteiger partial charge in [-0.3, -0.25) is 14.9 Å². The van der Waals surface area contributed by atoms with Crippen molar-refractivity contribution in [3.8, 4) is 0 Å². The number of aliphatic hydroxyl groups is 1. The van der Waals surface area contributed by atoms with Crippen molar-refractivity contribution >= 4 is 29.8 Å². The predicted molar refractivity (Wildman–Crippen MR) is 139 cm³/mol. The summed E-state index contributed by atoms with van der Waals surface area (Å²) >= 11 is 0. The molecule has 1 amide bonds. The fourth-order valence-electron chi connectivity index (χ4n) is 3.22. The Hall–Kier alpha value is -3.60. The van der Waals surface area contributed by atoms with E-state index in [9.17, 15) is 14.3 Å². The summed E-state index contributed by atoms with van der Waals surface area (Å²) in [5.74, 6) is -0.483. The van der Waals surface area contributed by atoms with E-state index in [1.165, 1.54) is 11.0 Å². The first-order valence-electron chi connectivity index (χ1n) is 11.4. The molecule has 0 aromatic heterocycles. The summed E-state index contributed by atoms with van der Waals surface area (Å²) in [5, 5.41) is 23.1. The maximum atomic E-state index is 15.0. The van der Waals surface area contributed by atoms with E-state index in [0.29, 0.717) is 34.8 Å². The number of hydrogen-bond acceptors (Lipinski definition) is 8. The molecule has 1 saturated heterocycles. The van der Waals surface area contributed by atoms with Gasteiger partial charge in [-0.15, -0.1) is 0 Å². The quantitative estimate of drug-likeness (QED) is 0.205. The van der Waals surface area contributed by atoms with Crippen LogP contribution in [0.5, 0.6) is 0 Å². The molecule has 0 radical (unpaired) electrons. The number of carbonyl (C=O) groups excluding carboxylic acids is 1. The van der Waals surface area contributed by atoms with Gasteiger partial charge in [0.1, 0.15) is 17.6 Å². The van der Waals surface area contributed by atoms with Crippen LogP contribution in [0.25, 0.3) is 5.57 Å². The topological polar surface area (TPSA) is 112 Å². The number of allylic oxidation sites excluding steroid dienone is 4. The summed E-state index contributed by atoms with van der Waals surface area (Å²) in [5.41, 5.74) is 1.24. The van der Waals surface area contributed by atoms with Crippen molar-refractivity contribution in [2.24, 2.45) is 20.5 Å². The van der Waals surface area contributed by atoms with Crippen molar-refractivity contribution in [3.63, 3.8) is 0 Å². The van der Waals surface area contributed by atoms with Crippen LogP contribution in [-0.4, -0.2) is 73.6 Å². The molecule has 0 aliphatic carbocycles. The molecule has 1 N–H and O–H groups in total. The number of benzene rings is 1. The first kappa shape index (κ1) is 28.6. The maximum Gasteiger partial charge on any atom is 0.414 e. The number of likely N-dealkylation sites (N-methyl/N-ethyl adjacent to an activating group) is 1. The lowest BCUT2D eigenvalue weighted by Crippen LogP contribution is -2.34. The van der Waals surface area contributed by atoms with Gasteiger partial charge >= 0.3 is 6.09 Å². The third-order valence-corrected chi connectivity index (χ3v) is 5.65. The van der Waals surface area contributed by atoms with E-state index >= 15 is 0 Å². The minimum atomic E-state index is -1.06. The van der Waals surface area contributed by atoms with Gasteiger partial charge in [0.15, 0.2) is 6.10 Å². The Balaban J connectivity index is 2.16. The second-order valence-corrected chi connectivity index (χ2v) is 9.05. The Morgan fingerprint density at radius 2 is 2.11 bits per heavy atom. The number of anilines is 1. The largest absolute Gasteiger partial charge is 0.442 e. The van der Waals surface area contributed by atoms with Crippen LogP contribution in [0.3, 0.4) is 0 Å². The van der Waals surface area contributed by atoms with Crippen LogP contribution in [-0.2, 0) is 9.57 Å². The lowest BCUT2D eigenvalue weighted by Gasteiger charge is -2.23. The van der Waals surface area contributed by atoms with Gasteiger partial charge in [0.25, 0.3) is 0 Å². The van der Waals surface area contributed by atoms with E-state index in [-0.39, 0.29) is 6.54 Å². The van der Waals surface area contributed by atoms with Gasteiger partial charge in [-0.2, -0.15) is 5.11 Å². The zero-order chi connectivity index (χ0) is 27.0. The van der Waals surface area contributed by atoms with Gasteiger partial charge in [0, 0.05) is 12.6 Å². The van der Waals surface area contributed by atoms with E-state index in [2.05, 4.69) is 27.2 Å². The Morgan fingerprint density at radius 1 is 1.42 bits per heavy atom. The molecular formula is C25H35FN6O4. The molecule has 196 valence electrons. The van der Waals surface area contributed by atoms with Crippen LogP contribution >= 0.6 is 0 Å². The van der Waals surface area contributed by atoms with Gasteiger partial charge in [0.05, 0.1) is 37.1 Å². The SMILES string of the molecule is C=NC(=C\C=C(/C)c1ccc(N2CC(CN(C)N=NC)OC2=O)cc1F)/C(C)=N/OC(C)C(C)(C)O. The van der Waals surface area contributed by atoms with Crippen LogP contribution in [0.2, 0.25) is 0 Å². The average molecular weight is 503 g/mol. The van der Waals surface area contributed by atoms with Crippen molar-refractivity contribution in [3.05, 3.63) is 47.4 Å². The average Bonchev–Trinajstić information content (AvgIpc) is 3.16. The molecule has 2 unspecified atom stereocenters. The summed E-state index contributed by atoms with van der Waals surface area (Å²) in [6.45, 7) is 12.6. The van der Waals surface area contributed by atoms with Crippen LogP contribution in [0.1, 0.15) is 40.2 Å². The van der Waals surface area contributed by atoms with E-state index in [1.54, 1.807) is 78.0 Å². The molecule has 0 spiro atoms. The second kappa shape index (κ2) is 12.4. The normalized spacial score (nSPS) is 18.5. The maximum absolute atomic E-state index is 15.0. The molecule has 2 rings (SSSR count). The molecule has 36 heavy (non-hydrogen) atoms. The van der Waals surface area contributed by atoms with Gasteiger partial charge in [-0.05, 0) is 71.2 Å². The van der Waals surface area contributed by atoms with Crippen LogP contribution in [0.15, 0.2) is 56.5 Å². The number of amides is 1. The Morgan fingerprint density at radius 3 is 2.69 bits per heavy atom. The number of halogens is 1. The third-order valence-electron chi connectivity index (χ3n) is 5.65. The number of rotatable bonds is 11. The molecule has 1 aromatic carbocycles. The Kier molecular flexibility index (Phi) is 9.85. The zero-order valence-corrected chi connectivity index (χ0v) is 21.9. The molecule has 2 atom stereocenters. The zero-order valence-electron chi connectivity index (χ0n) is 21.9. The molecule has 11 heteroatoms. The van der Waals surface area contributed by atoms with Crippen molar-refractivity contribution in [2.75, 3.05) is 32.1 Å². The molecule has 1 heterocycles. The fraction of sp³-hybridized carbons (Fsp3) is 0.480. The monoisotopic (exact) mass is 502 g/mol. The molecule has 0 bridgehead atoms. The number of ether oxygens (including phenoxy) is 1. The minimum Gasteiger partial charge on any atom is -0.442 e. The summed E-state index contributed by atoms with van der Waals surface area (Å²) in [6.07, 6.45) is 1.86. The smallest absolute Gasteiger partial charge is 0.414 e. The number of nitrogens with zero attached hydrogens (tertiary/aromatic N) is 6.